The lowest BCUT2D eigenvalue weighted by Crippen LogP contribution is -2.49. The molecule has 26 heavy (non-hydrogen) atoms. The quantitative estimate of drug-likeness (QED) is 0.823. The van der Waals surface area contributed by atoms with Crippen LogP contribution in [0.25, 0.3) is 0 Å². The molecule has 0 radical (unpaired) electrons. The molecule has 1 aliphatic heterocycles. The van der Waals surface area contributed by atoms with Crippen molar-refractivity contribution in [3.05, 3.63) is 47.8 Å². The van der Waals surface area contributed by atoms with Crippen molar-refractivity contribution in [1.29, 1.82) is 0 Å². The van der Waals surface area contributed by atoms with E-state index in [2.05, 4.69) is 15.5 Å². The van der Waals surface area contributed by atoms with Crippen LogP contribution >= 0.6 is 0 Å². The van der Waals surface area contributed by atoms with E-state index in [-0.39, 0.29) is 5.75 Å². The van der Waals surface area contributed by atoms with Gasteiger partial charge in [0, 0.05) is 32.7 Å². The van der Waals surface area contributed by atoms with Gasteiger partial charge in [-0.05, 0) is 36.8 Å². The first kappa shape index (κ1) is 18.5. The molecule has 0 spiro atoms. The summed E-state index contributed by atoms with van der Waals surface area (Å²) < 4.78 is 39.9. The first-order chi connectivity index (χ1) is 12.5. The van der Waals surface area contributed by atoms with Crippen molar-refractivity contribution in [2.45, 2.75) is 12.7 Å². The molecule has 0 bridgehead atoms. The highest BCUT2D eigenvalue weighted by Gasteiger charge is 2.27. The van der Waals surface area contributed by atoms with Crippen LogP contribution in [-0.4, -0.2) is 55.6 Å². The molecular formula is C17H22FN5O2S. The Bertz CT molecular complexity index is 836. The largest absolute Gasteiger partial charge is 0.369 e. The lowest BCUT2D eigenvalue weighted by Gasteiger charge is -2.34. The fourth-order valence-electron chi connectivity index (χ4n) is 2.89. The van der Waals surface area contributed by atoms with E-state index in [1.807, 2.05) is 24.0 Å². The highest BCUT2D eigenvalue weighted by molar-refractivity contribution is 7.88. The van der Waals surface area contributed by atoms with Gasteiger partial charge in [-0.2, -0.15) is 4.31 Å². The molecule has 0 atom stereocenters. The number of anilines is 2. The fourth-order valence-corrected chi connectivity index (χ4v) is 4.40. The number of rotatable bonds is 6. The summed E-state index contributed by atoms with van der Waals surface area (Å²) in [5, 5.41) is 11.4. The summed E-state index contributed by atoms with van der Waals surface area (Å²) in [7, 11) is -3.48. The Hall–Kier alpha value is -2.26. The first-order valence-electron chi connectivity index (χ1n) is 8.53. The van der Waals surface area contributed by atoms with E-state index in [9.17, 15) is 12.8 Å². The molecule has 3 rings (SSSR count). The van der Waals surface area contributed by atoms with Gasteiger partial charge in [-0.3, -0.25) is 0 Å². The van der Waals surface area contributed by atoms with Crippen molar-refractivity contribution in [2.75, 3.05) is 42.9 Å². The van der Waals surface area contributed by atoms with Crippen LogP contribution in [0.4, 0.5) is 16.0 Å². The van der Waals surface area contributed by atoms with Crippen LogP contribution in [0.15, 0.2) is 36.4 Å². The van der Waals surface area contributed by atoms with Crippen molar-refractivity contribution < 1.29 is 12.8 Å². The molecule has 7 nitrogen and oxygen atoms in total. The smallest absolute Gasteiger partial charge is 0.218 e. The number of benzene rings is 1. The predicted molar refractivity (Wildman–Crippen MR) is 99.0 cm³/mol. The monoisotopic (exact) mass is 379 g/mol. The maximum Gasteiger partial charge on any atom is 0.218 e. The van der Waals surface area contributed by atoms with E-state index in [0.717, 1.165) is 12.4 Å². The maximum atomic E-state index is 13.3. The van der Waals surface area contributed by atoms with Gasteiger partial charge in [-0.1, -0.05) is 12.1 Å². The second-order valence-electron chi connectivity index (χ2n) is 6.08. The highest BCUT2D eigenvalue weighted by atomic mass is 32.2. The average molecular weight is 379 g/mol. The van der Waals surface area contributed by atoms with Crippen molar-refractivity contribution in [3.8, 4) is 0 Å². The lowest BCUT2D eigenvalue weighted by atomic mass is 10.2. The van der Waals surface area contributed by atoms with Gasteiger partial charge in [0.2, 0.25) is 10.0 Å². The molecule has 1 saturated heterocycles. The molecule has 1 aromatic carbocycles. The van der Waals surface area contributed by atoms with E-state index >= 15 is 0 Å². The topological polar surface area (TPSA) is 78.4 Å². The minimum absolute atomic E-state index is 0.193. The van der Waals surface area contributed by atoms with Gasteiger partial charge in [-0.25, -0.2) is 12.8 Å². The molecule has 0 saturated carbocycles. The minimum Gasteiger partial charge on any atom is -0.369 e. The third-order valence-corrected chi connectivity index (χ3v) is 6.05. The summed E-state index contributed by atoms with van der Waals surface area (Å²) in [5.74, 6) is 0.825. The molecule has 1 fully saturated rings. The zero-order valence-corrected chi connectivity index (χ0v) is 15.4. The van der Waals surface area contributed by atoms with Gasteiger partial charge in [0.05, 0.1) is 5.75 Å². The number of halogens is 1. The molecule has 0 aliphatic carbocycles. The number of nitrogens with one attached hydrogen (secondary N) is 1. The second-order valence-corrected chi connectivity index (χ2v) is 8.05. The van der Waals surface area contributed by atoms with Crippen LogP contribution < -0.4 is 10.2 Å². The van der Waals surface area contributed by atoms with Crippen molar-refractivity contribution in [2.24, 2.45) is 0 Å². The number of hydrogen-bond donors (Lipinski definition) is 1. The van der Waals surface area contributed by atoms with Crippen LogP contribution in [0.5, 0.6) is 0 Å². The summed E-state index contributed by atoms with van der Waals surface area (Å²) in [6.45, 7) is 4.58. The van der Waals surface area contributed by atoms with Gasteiger partial charge >= 0.3 is 0 Å². The third kappa shape index (κ3) is 4.47. The Morgan fingerprint density at radius 2 is 1.88 bits per heavy atom. The van der Waals surface area contributed by atoms with Crippen LogP contribution in [0.1, 0.15) is 12.5 Å². The third-order valence-electron chi connectivity index (χ3n) is 4.20. The molecular weight excluding hydrogens is 357 g/mol. The zero-order chi connectivity index (χ0) is 18.6. The van der Waals surface area contributed by atoms with Crippen molar-refractivity contribution >= 4 is 21.7 Å². The fraction of sp³-hybridized carbons (Fsp3) is 0.412. The molecule has 9 heteroatoms. The maximum absolute atomic E-state index is 13.3. The number of nitrogens with zero attached hydrogens (tertiary/aromatic N) is 4. The molecule has 1 N–H and O–H groups in total. The number of piperazine rings is 1. The van der Waals surface area contributed by atoms with Gasteiger partial charge in [0.1, 0.15) is 11.6 Å². The van der Waals surface area contributed by atoms with Gasteiger partial charge < -0.3 is 10.2 Å². The number of sulfonamides is 1. The molecule has 2 aromatic rings. The van der Waals surface area contributed by atoms with Crippen LogP contribution in [0, 0.1) is 5.82 Å². The van der Waals surface area contributed by atoms with Crippen molar-refractivity contribution in [1.82, 2.24) is 14.5 Å². The Balaban J connectivity index is 1.60. The average Bonchev–Trinajstić information content (AvgIpc) is 2.62. The summed E-state index contributed by atoms with van der Waals surface area (Å²) >= 11 is 0. The zero-order valence-electron chi connectivity index (χ0n) is 14.6. The molecule has 2 heterocycles. The van der Waals surface area contributed by atoms with Crippen LogP contribution in [-0.2, 0) is 15.8 Å². The summed E-state index contributed by atoms with van der Waals surface area (Å²) in [6.07, 6.45) is 0. The Kier molecular flexibility index (Phi) is 5.67. The first-order valence-corrected chi connectivity index (χ1v) is 10.1. The molecule has 140 valence electrons. The van der Waals surface area contributed by atoms with Gasteiger partial charge in [0.15, 0.2) is 5.82 Å². The summed E-state index contributed by atoms with van der Waals surface area (Å²) in [6, 6.07) is 9.44. The summed E-state index contributed by atoms with van der Waals surface area (Å²) in [5.41, 5.74) is 0.456. The number of hydrogen-bond acceptors (Lipinski definition) is 6. The normalized spacial score (nSPS) is 15.8. The standard InChI is InChI=1S/C17H22FN5O2S/c1-2-19-16-6-7-17(21-20-16)22-8-10-23(11-9-22)26(24,25)13-14-4-3-5-15(18)12-14/h3-7,12H,2,8-11,13H2,1H3,(H,19,20). The predicted octanol–water partition coefficient (Wildman–Crippen LogP) is 1.70. The second kappa shape index (κ2) is 7.96. The van der Waals surface area contributed by atoms with E-state index in [1.54, 1.807) is 6.07 Å². The molecule has 1 aliphatic rings. The van der Waals surface area contributed by atoms with E-state index < -0.39 is 15.8 Å². The molecule has 0 amide bonds. The lowest BCUT2D eigenvalue weighted by molar-refractivity contribution is 0.383. The molecule has 1 aromatic heterocycles. The van der Waals surface area contributed by atoms with E-state index in [4.69, 9.17) is 0 Å². The summed E-state index contributed by atoms with van der Waals surface area (Å²) in [4.78, 5) is 2.01. The SMILES string of the molecule is CCNc1ccc(N2CCN(S(=O)(=O)Cc3cccc(F)c3)CC2)nn1. The van der Waals surface area contributed by atoms with E-state index in [1.165, 1.54) is 22.5 Å². The van der Waals surface area contributed by atoms with Crippen LogP contribution in [0.3, 0.4) is 0 Å². The van der Waals surface area contributed by atoms with Crippen LogP contribution in [0.2, 0.25) is 0 Å². The number of aromatic nitrogens is 2. The Morgan fingerprint density at radius 1 is 1.12 bits per heavy atom. The van der Waals surface area contributed by atoms with Crippen molar-refractivity contribution in [3.63, 3.8) is 0 Å². The van der Waals surface area contributed by atoms with Gasteiger partial charge in [0.25, 0.3) is 0 Å². The van der Waals surface area contributed by atoms with Gasteiger partial charge in [-0.15, -0.1) is 10.2 Å². The minimum atomic E-state index is -3.48. The Morgan fingerprint density at radius 3 is 2.50 bits per heavy atom. The molecule has 0 unspecified atom stereocenters. The Labute approximate surface area is 152 Å². The highest BCUT2D eigenvalue weighted by Crippen LogP contribution is 2.18. The van der Waals surface area contributed by atoms with E-state index in [0.29, 0.717) is 37.6 Å².